The molecular weight excluding hydrogens is 356 g/mol. The number of nitrogens with two attached hydrogens (primary N) is 1. The number of piperidine rings is 1. The molecule has 0 bridgehead atoms. The van der Waals surface area contributed by atoms with E-state index in [0.717, 1.165) is 25.9 Å². The zero-order valence-electron chi connectivity index (χ0n) is 14.9. The first-order valence-corrected chi connectivity index (χ1v) is 9.05. The number of aromatic nitrogens is 4. The molecule has 4 heterocycles. The van der Waals surface area contributed by atoms with Crippen LogP contribution in [0.15, 0.2) is 4.79 Å². The number of fused-ring (bicyclic) bond motifs is 1. The number of imidazole rings is 1. The maximum atomic E-state index is 12.3. The van der Waals surface area contributed by atoms with Gasteiger partial charge in [-0.05, 0) is 18.8 Å². The first kappa shape index (κ1) is 18.2. The van der Waals surface area contributed by atoms with Gasteiger partial charge in [-0.25, -0.2) is 4.98 Å². The summed E-state index contributed by atoms with van der Waals surface area (Å²) in [5.41, 5.74) is 5.45. The SMILES string of the molecule is CC1CCN(c2nc3c(=O)[nH]c(N)nc3n2[C@H]2O[C@@H](CO)[C@@H](O)[C@@H]2O)CC1. The van der Waals surface area contributed by atoms with Crippen molar-refractivity contribution in [3.63, 3.8) is 0 Å². The third-order valence-electron chi connectivity index (χ3n) is 5.39. The van der Waals surface area contributed by atoms with E-state index in [1.54, 1.807) is 0 Å². The molecule has 11 heteroatoms. The Morgan fingerprint density at radius 2 is 1.96 bits per heavy atom. The molecule has 0 unspecified atom stereocenters. The molecule has 11 nitrogen and oxygen atoms in total. The lowest BCUT2D eigenvalue weighted by atomic mass is 10.00. The third-order valence-corrected chi connectivity index (χ3v) is 5.39. The van der Waals surface area contributed by atoms with Gasteiger partial charge in [0.15, 0.2) is 17.4 Å². The largest absolute Gasteiger partial charge is 0.394 e. The van der Waals surface area contributed by atoms with Gasteiger partial charge in [-0.1, -0.05) is 6.92 Å². The highest BCUT2D eigenvalue weighted by atomic mass is 16.6. The van der Waals surface area contributed by atoms with Crippen LogP contribution in [0, 0.1) is 5.92 Å². The summed E-state index contributed by atoms with van der Waals surface area (Å²) in [6.07, 6.45) is -2.66. The van der Waals surface area contributed by atoms with Crippen molar-refractivity contribution in [3.05, 3.63) is 10.4 Å². The van der Waals surface area contributed by atoms with Gasteiger partial charge in [0, 0.05) is 13.1 Å². The molecule has 2 aromatic rings. The van der Waals surface area contributed by atoms with E-state index in [9.17, 15) is 20.1 Å². The fourth-order valence-corrected chi connectivity index (χ4v) is 3.75. The summed E-state index contributed by atoms with van der Waals surface area (Å²) in [7, 11) is 0. The van der Waals surface area contributed by atoms with Gasteiger partial charge in [-0.2, -0.15) is 4.98 Å². The number of ether oxygens (including phenoxy) is 1. The van der Waals surface area contributed by atoms with E-state index < -0.39 is 36.7 Å². The van der Waals surface area contributed by atoms with E-state index in [0.29, 0.717) is 11.9 Å². The van der Waals surface area contributed by atoms with Crippen LogP contribution in [-0.4, -0.2) is 72.8 Å². The van der Waals surface area contributed by atoms with Crippen molar-refractivity contribution in [2.75, 3.05) is 30.3 Å². The highest BCUT2D eigenvalue weighted by Gasteiger charge is 2.45. The second kappa shape index (κ2) is 6.75. The second-order valence-electron chi connectivity index (χ2n) is 7.30. The fraction of sp³-hybridized carbons (Fsp3) is 0.688. The molecule has 2 aromatic heterocycles. The van der Waals surface area contributed by atoms with Gasteiger partial charge in [0.2, 0.25) is 11.9 Å². The Hall–Kier alpha value is -2.21. The number of nitrogens with one attached hydrogen (secondary N) is 1. The Bertz CT molecular complexity index is 889. The molecule has 0 radical (unpaired) electrons. The Kier molecular flexibility index (Phi) is 4.54. The smallest absolute Gasteiger partial charge is 0.280 e. The lowest BCUT2D eigenvalue weighted by Gasteiger charge is -2.32. The molecule has 0 aromatic carbocycles. The average Bonchev–Trinajstić information content (AvgIpc) is 3.14. The van der Waals surface area contributed by atoms with Crippen LogP contribution in [0.5, 0.6) is 0 Å². The van der Waals surface area contributed by atoms with Crippen molar-refractivity contribution < 1.29 is 20.1 Å². The Morgan fingerprint density at radius 3 is 2.59 bits per heavy atom. The molecule has 6 N–H and O–H groups in total. The third kappa shape index (κ3) is 2.96. The van der Waals surface area contributed by atoms with Crippen LogP contribution in [0.25, 0.3) is 11.2 Å². The van der Waals surface area contributed by atoms with Crippen molar-refractivity contribution in [2.45, 2.75) is 44.3 Å². The van der Waals surface area contributed by atoms with E-state index in [1.165, 1.54) is 4.57 Å². The lowest BCUT2D eigenvalue weighted by molar-refractivity contribution is -0.0505. The van der Waals surface area contributed by atoms with Crippen LogP contribution < -0.4 is 16.2 Å². The maximum absolute atomic E-state index is 12.3. The first-order chi connectivity index (χ1) is 12.9. The predicted octanol–water partition coefficient (Wildman–Crippen LogP) is -1.45. The van der Waals surface area contributed by atoms with Crippen LogP contribution in [0.1, 0.15) is 26.0 Å². The van der Waals surface area contributed by atoms with Gasteiger partial charge in [0.05, 0.1) is 6.61 Å². The van der Waals surface area contributed by atoms with Crippen LogP contribution in [0.4, 0.5) is 11.9 Å². The topological polar surface area (TPSA) is 163 Å². The summed E-state index contributed by atoms with van der Waals surface area (Å²) in [6, 6.07) is 0. The number of aromatic amines is 1. The highest BCUT2D eigenvalue weighted by molar-refractivity contribution is 5.75. The monoisotopic (exact) mass is 380 g/mol. The first-order valence-electron chi connectivity index (χ1n) is 9.05. The number of aliphatic hydroxyl groups is 3. The fourth-order valence-electron chi connectivity index (χ4n) is 3.75. The molecule has 148 valence electrons. The average molecular weight is 380 g/mol. The summed E-state index contributed by atoms with van der Waals surface area (Å²) >= 11 is 0. The van der Waals surface area contributed by atoms with E-state index in [2.05, 4.69) is 21.9 Å². The summed E-state index contributed by atoms with van der Waals surface area (Å²) < 4.78 is 7.17. The molecule has 4 atom stereocenters. The molecule has 27 heavy (non-hydrogen) atoms. The number of nitrogen functional groups attached to an aromatic ring is 1. The standard InChI is InChI=1S/C16H24N6O5/c1-7-2-4-21(5-3-7)16-18-9-12(19-15(17)20-13(9)26)22(16)14-11(25)10(24)8(6-23)27-14/h7-8,10-11,14,23-25H,2-6H2,1H3,(H3,17,19,20,26)/t8-,10+,11-,14-/m0/s1. The number of nitrogens with zero attached hydrogens (tertiary/aromatic N) is 4. The van der Waals surface area contributed by atoms with Crippen molar-refractivity contribution in [2.24, 2.45) is 5.92 Å². The number of hydrogen-bond acceptors (Lipinski definition) is 9. The molecule has 0 spiro atoms. The predicted molar refractivity (Wildman–Crippen MR) is 96.2 cm³/mol. The minimum atomic E-state index is -1.32. The van der Waals surface area contributed by atoms with Gasteiger partial charge in [-0.15, -0.1) is 0 Å². The molecule has 2 fully saturated rings. The summed E-state index contributed by atoms with van der Waals surface area (Å²) in [4.78, 5) is 25.4. The normalized spacial score (nSPS) is 29.7. The van der Waals surface area contributed by atoms with Crippen LogP contribution in [-0.2, 0) is 4.74 Å². The zero-order chi connectivity index (χ0) is 19.3. The summed E-state index contributed by atoms with van der Waals surface area (Å²) in [5, 5.41) is 30.0. The number of hydrogen-bond donors (Lipinski definition) is 5. The molecule has 4 rings (SSSR count). The molecule has 2 saturated heterocycles. The zero-order valence-corrected chi connectivity index (χ0v) is 14.9. The summed E-state index contributed by atoms with van der Waals surface area (Å²) in [5.74, 6) is 0.930. The van der Waals surface area contributed by atoms with Crippen molar-refractivity contribution >= 4 is 23.1 Å². The molecule has 0 aliphatic carbocycles. The maximum Gasteiger partial charge on any atom is 0.280 e. The van der Waals surface area contributed by atoms with Crippen molar-refractivity contribution in [1.82, 2.24) is 19.5 Å². The van der Waals surface area contributed by atoms with Gasteiger partial charge in [-0.3, -0.25) is 14.3 Å². The van der Waals surface area contributed by atoms with E-state index in [1.807, 2.05) is 4.90 Å². The Balaban J connectivity index is 1.86. The molecule has 2 aliphatic rings. The van der Waals surface area contributed by atoms with Gasteiger partial charge < -0.3 is 30.7 Å². The highest BCUT2D eigenvalue weighted by Crippen LogP contribution is 2.36. The quantitative estimate of drug-likeness (QED) is 0.428. The van der Waals surface area contributed by atoms with Crippen LogP contribution in [0.3, 0.4) is 0 Å². The number of rotatable bonds is 3. The minimum Gasteiger partial charge on any atom is -0.394 e. The van der Waals surface area contributed by atoms with Crippen molar-refractivity contribution in [1.29, 1.82) is 0 Å². The van der Waals surface area contributed by atoms with E-state index >= 15 is 0 Å². The minimum absolute atomic E-state index is 0.0792. The van der Waals surface area contributed by atoms with Crippen LogP contribution in [0.2, 0.25) is 0 Å². The molecular formula is C16H24N6O5. The number of aliphatic hydroxyl groups excluding tert-OH is 3. The number of anilines is 2. The second-order valence-corrected chi connectivity index (χ2v) is 7.30. The summed E-state index contributed by atoms with van der Waals surface area (Å²) in [6.45, 7) is 3.19. The number of H-pyrrole nitrogens is 1. The lowest BCUT2D eigenvalue weighted by Crippen LogP contribution is -2.37. The van der Waals surface area contributed by atoms with Crippen LogP contribution >= 0.6 is 0 Å². The van der Waals surface area contributed by atoms with Gasteiger partial charge >= 0.3 is 0 Å². The molecule has 0 saturated carbocycles. The Labute approximate surface area is 154 Å². The van der Waals surface area contributed by atoms with E-state index in [-0.39, 0.29) is 17.1 Å². The van der Waals surface area contributed by atoms with Gasteiger partial charge in [0.25, 0.3) is 5.56 Å². The Morgan fingerprint density at radius 1 is 1.26 bits per heavy atom. The van der Waals surface area contributed by atoms with Crippen molar-refractivity contribution in [3.8, 4) is 0 Å². The molecule has 0 amide bonds. The molecule has 2 aliphatic heterocycles. The van der Waals surface area contributed by atoms with E-state index in [4.69, 9.17) is 10.5 Å². The van der Waals surface area contributed by atoms with Gasteiger partial charge in [0.1, 0.15) is 18.3 Å².